The van der Waals surface area contributed by atoms with Gasteiger partial charge in [0.25, 0.3) is 5.56 Å². The second-order valence-electron chi connectivity index (χ2n) is 8.55. The number of nitrogens with zero attached hydrogens (tertiary/aromatic N) is 3. The summed E-state index contributed by atoms with van der Waals surface area (Å²) in [5.41, 5.74) is 7.35. The van der Waals surface area contributed by atoms with Crippen LogP contribution in [0.5, 0.6) is 0 Å². The van der Waals surface area contributed by atoms with Gasteiger partial charge >= 0.3 is 5.69 Å². The van der Waals surface area contributed by atoms with Crippen molar-refractivity contribution in [3.05, 3.63) is 50.7 Å². The molecule has 8 heteroatoms. The second-order valence-corrected chi connectivity index (χ2v) is 8.55. The molecule has 1 amide bonds. The van der Waals surface area contributed by atoms with Crippen LogP contribution in [0.1, 0.15) is 64.4 Å². The Kier molecular flexibility index (Phi) is 7.77. The summed E-state index contributed by atoms with van der Waals surface area (Å²) in [4.78, 5) is 41.3. The third-order valence-corrected chi connectivity index (χ3v) is 6.24. The minimum atomic E-state index is -0.541. The highest BCUT2D eigenvalue weighted by molar-refractivity contribution is 5.91. The van der Waals surface area contributed by atoms with Crippen LogP contribution in [0.3, 0.4) is 0 Å². The van der Waals surface area contributed by atoms with Gasteiger partial charge in [-0.05, 0) is 49.7 Å². The third kappa shape index (κ3) is 4.89. The van der Waals surface area contributed by atoms with Crippen LogP contribution in [0.4, 0.5) is 17.2 Å². The molecule has 3 rings (SSSR count). The lowest BCUT2D eigenvalue weighted by Gasteiger charge is -2.30. The molecule has 0 saturated carbocycles. The van der Waals surface area contributed by atoms with Crippen molar-refractivity contribution in [3.8, 4) is 0 Å². The van der Waals surface area contributed by atoms with E-state index >= 15 is 0 Å². The topological polar surface area (TPSA) is 102 Å². The molecular formula is C24H35N5O3. The molecule has 1 aliphatic rings. The van der Waals surface area contributed by atoms with Crippen molar-refractivity contribution >= 4 is 23.1 Å². The molecule has 0 radical (unpaired) electrons. The van der Waals surface area contributed by atoms with Crippen molar-refractivity contribution in [3.63, 3.8) is 0 Å². The van der Waals surface area contributed by atoms with Crippen LogP contribution < -0.4 is 27.2 Å². The summed E-state index contributed by atoms with van der Waals surface area (Å²) in [6.07, 6.45) is 4.68. The third-order valence-electron chi connectivity index (χ3n) is 6.24. The zero-order valence-corrected chi connectivity index (χ0v) is 19.4. The molecule has 1 fully saturated rings. The summed E-state index contributed by atoms with van der Waals surface area (Å²) >= 11 is 0. The van der Waals surface area contributed by atoms with Gasteiger partial charge in [0.2, 0.25) is 5.91 Å². The molecule has 1 atom stereocenters. The molecule has 1 aliphatic heterocycles. The highest BCUT2D eigenvalue weighted by atomic mass is 16.2. The van der Waals surface area contributed by atoms with Crippen molar-refractivity contribution in [2.75, 3.05) is 29.0 Å². The van der Waals surface area contributed by atoms with Crippen molar-refractivity contribution in [1.29, 1.82) is 0 Å². The van der Waals surface area contributed by atoms with Gasteiger partial charge < -0.3 is 16.0 Å². The van der Waals surface area contributed by atoms with E-state index in [0.29, 0.717) is 24.3 Å². The molecule has 2 aromatic rings. The summed E-state index contributed by atoms with van der Waals surface area (Å²) in [6, 6.07) is 7.64. The van der Waals surface area contributed by atoms with Gasteiger partial charge in [-0.1, -0.05) is 39.0 Å². The molecule has 174 valence electrons. The lowest BCUT2D eigenvalue weighted by atomic mass is 9.97. The van der Waals surface area contributed by atoms with Gasteiger partial charge in [-0.15, -0.1) is 0 Å². The molecule has 32 heavy (non-hydrogen) atoms. The van der Waals surface area contributed by atoms with E-state index in [1.807, 2.05) is 36.1 Å². The highest BCUT2D eigenvalue weighted by Gasteiger charge is 2.24. The Balaban J connectivity index is 1.97. The first-order valence-electron chi connectivity index (χ1n) is 11.7. The van der Waals surface area contributed by atoms with Crippen LogP contribution in [0.15, 0.2) is 33.9 Å². The number of amides is 1. The minimum Gasteiger partial charge on any atom is -0.383 e. The van der Waals surface area contributed by atoms with Crippen molar-refractivity contribution in [2.24, 2.45) is 0 Å². The molecule has 1 unspecified atom stereocenters. The Hall–Kier alpha value is -3.03. The summed E-state index contributed by atoms with van der Waals surface area (Å²) < 4.78 is 2.45. The summed E-state index contributed by atoms with van der Waals surface area (Å²) in [6.45, 7) is 7.62. The molecule has 1 aromatic heterocycles. The number of nitrogen functional groups attached to an aromatic ring is 1. The maximum absolute atomic E-state index is 13.3. The number of rotatable bonds is 8. The number of carbonyl (C=O) groups excluding carboxylic acids is 1. The number of para-hydroxylation sites is 1. The quantitative estimate of drug-likeness (QED) is 0.655. The van der Waals surface area contributed by atoms with Gasteiger partial charge in [0.05, 0.1) is 0 Å². The van der Waals surface area contributed by atoms with E-state index in [1.165, 1.54) is 4.57 Å². The normalized spacial score (nSPS) is 14.9. The maximum atomic E-state index is 13.3. The number of hydrogen-bond acceptors (Lipinski definition) is 5. The fraction of sp³-hybridized carbons (Fsp3) is 0.542. The monoisotopic (exact) mass is 441 g/mol. The average molecular weight is 442 g/mol. The number of carbonyl (C=O) groups is 1. The molecule has 0 bridgehead atoms. The number of piperidine rings is 1. The number of anilines is 3. The molecule has 1 saturated heterocycles. The van der Waals surface area contributed by atoms with E-state index in [4.69, 9.17) is 5.73 Å². The summed E-state index contributed by atoms with van der Waals surface area (Å²) in [5, 5.41) is 2.90. The number of hydrogen-bond donors (Lipinski definition) is 2. The molecule has 3 N–H and O–H groups in total. The first kappa shape index (κ1) is 23.6. The van der Waals surface area contributed by atoms with Crippen LogP contribution in [0.25, 0.3) is 0 Å². The van der Waals surface area contributed by atoms with E-state index in [1.54, 1.807) is 0 Å². The maximum Gasteiger partial charge on any atom is 0.333 e. The Morgan fingerprint density at radius 3 is 2.44 bits per heavy atom. The average Bonchev–Trinajstić information content (AvgIpc) is 2.80. The number of nitrogens with one attached hydrogen (secondary N) is 1. The fourth-order valence-corrected chi connectivity index (χ4v) is 4.29. The second kappa shape index (κ2) is 10.5. The van der Waals surface area contributed by atoms with Crippen LogP contribution in [-0.4, -0.2) is 28.1 Å². The lowest BCUT2D eigenvalue weighted by molar-refractivity contribution is -0.116. The summed E-state index contributed by atoms with van der Waals surface area (Å²) in [5.74, 6) is 0.0677. The van der Waals surface area contributed by atoms with E-state index in [-0.39, 0.29) is 18.3 Å². The zero-order valence-electron chi connectivity index (χ0n) is 19.4. The molecule has 1 aromatic carbocycles. The molecular weight excluding hydrogens is 406 g/mol. The summed E-state index contributed by atoms with van der Waals surface area (Å²) in [7, 11) is 0. The standard InChI is InChI=1S/C24H35N5O3/c1-4-13-28-22(25)21(27-14-9-6-10-15-27)23(31)29(24(28)32)16-20(30)26-19-12-8-7-11-18(19)17(3)5-2/h7-8,11-12,17H,4-6,9-10,13-16,25H2,1-3H3,(H,26,30). The Bertz CT molecular complexity index is 1070. The lowest BCUT2D eigenvalue weighted by Crippen LogP contribution is -2.47. The van der Waals surface area contributed by atoms with E-state index in [9.17, 15) is 14.4 Å². The highest BCUT2D eigenvalue weighted by Crippen LogP contribution is 2.26. The van der Waals surface area contributed by atoms with Gasteiger partial charge in [-0.3, -0.25) is 14.2 Å². The Morgan fingerprint density at radius 2 is 1.78 bits per heavy atom. The van der Waals surface area contributed by atoms with Crippen LogP contribution in [-0.2, 0) is 17.9 Å². The number of nitrogens with two attached hydrogens (primary N) is 1. The van der Waals surface area contributed by atoms with E-state index in [0.717, 1.165) is 48.9 Å². The van der Waals surface area contributed by atoms with Gasteiger partial charge in [-0.2, -0.15) is 0 Å². The predicted octanol–water partition coefficient (Wildman–Crippen LogP) is 3.14. The first-order chi connectivity index (χ1) is 15.4. The number of aromatic nitrogens is 2. The van der Waals surface area contributed by atoms with Crippen molar-refractivity contribution < 1.29 is 4.79 Å². The number of benzene rings is 1. The van der Waals surface area contributed by atoms with E-state index < -0.39 is 17.2 Å². The largest absolute Gasteiger partial charge is 0.383 e. The van der Waals surface area contributed by atoms with Crippen LogP contribution in [0.2, 0.25) is 0 Å². The molecule has 8 nitrogen and oxygen atoms in total. The van der Waals surface area contributed by atoms with Crippen LogP contribution >= 0.6 is 0 Å². The van der Waals surface area contributed by atoms with E-state index in [2.05, 4.69) is 19.2 Å². The Morgan fingerprint density at radius 1 is 1.09 bits per heavy atom. The van der Waals surface area contributed by atoms with Gasteiger partial charge in [-0.25, -0.2) is 9.36 Å². The molecule has 2 heterocycles. The van der Waals surface area contributed by atoms with Gasteiger partial charge in [0.15, 0.2) is 0 Å². The van der Waals surface area contributed by atoms with Crippen molar-refractivity contribution in [1.82, 2.24) is 9.13 Å². The SMILES string of the molecule is CCCn1c(N)c(N2CCCCC2)c(=O)n(CC(=O)Nc2ccccc2C(C)CC)c1=O. The Labute approximate surface area is 189 Å². The first-order valence-corrected chi connectivity index (χ1v) is 11.7. The van der Waals surface area contributed by atoms with Gasteiger partial charge in [0, 0.05) is 25.3 Å². The van der Waals surface area contributed by atoms with Crippen molar-refractivity contribution in [2.45, 2.75) is 71.9 Å². The fourth-order valence-electron chi connectivity index (χ4n) is 4.29. The minimum absolute atomic E-state index is 0.197. The zero-order chi connectivity index (χ0) is 23.3. The molecule has 0 spiro atoms. The predicted molar refractivity (Wildman–Crippen MR) is 130 cm³/mol. The van der Waals surface area contributed by atoms with Gasteiger partial charge in [0.1, 0.15) is 18.1 Å². The van der Waals surface area contributed by atoms with Crippen LogP contribution in [0, 0.1) is 0 Å². The molecule has 0 aliphatic carbocycles. The smallest absolute Gasteiger partial charge is 0.333 e.